The summed E-state index contributed by atoms with van der Waals surface area (Å²) in [5.41, 5.74) is 0. The van der Waals surface area contributed by atoms with Gasteiger partial charge in [0.25, 0.3) is 0 Å². The van der Waals surface area contributed by atoms with E-state index in [4.69, 9.17) is 0 Å². The molecule has 2 nitrogen and oxygen atoms in total. The second-order valence-corrected chi connectivity index (χ2v) is 2.94. The van der Waals surface area contributed by atoms with Crippen molar-refractivity contribution in [1.82, 2.24) is 9.78 Å². The molecule has 1 heterocycles. The second-order valence-electron chi connectivity index (χ2n) is 2.94. The van der Waals surface area contributed by atoms with Crippen LogP contribution in [0.5, 0.6) is 0 Å². The third kappa shape index (κ3) is 1.38. The summed E-state index contributed by atoms with van der Waals surface area (Å²) in [6, 6.07) is 1.85. The molecule has 0 spiro atoms. The van der Waals surface area contributed by atoms with E-state index in [1.807, 2.05) is 16.9 Å². The Morgan fingerprint density at radius 1 is 1.60 bits per heavy atom. The molecule has 1 aromatic heterocycles. The maximum atomic E-state index is 4.01. The molecule has 0 atom stereocenters. The van der Waals surface area contributed by atoms with Gasteiger partial charge in [0.1, 0.15) is 6.20 Å². The summed E-state index contributed by atoms with van der Waals surface area (Å²) >= 11 is 0. The van der Waals surface area contributed by atoms with Crippen LogP contribution in [0.25, 0.3) is 0 Å². The van der Waals surface area contributed by atoms with Gasteiger partial charge < -0.3 is 0 Å². The van der Waals surface area contributed by atoms with Crippen LogP contribution in [0.3, 0.4) is 0 Å². The number of aromatic nitrogens is 2. The van der Waals surface area contributed by atoms with Crippen LogP contribution < -0.4 is 0 Å². The maximum absolute atomic E-state index is 4.01. The van der Waals surface area contributed by atoms with Crippen LogP contribution in [0, 0.1) is 12.1 Å². The summed E-state index contributed by atoms with van der Waals surface area (Å²) in [5, 5.41) is 4.01. The van der Waals surface area contributed by atoms with Gasteiger partial charge in [-0.1, -0.05) is 12.8 Å². The summed E-state index contributed by atoms with van der Waals surface area (Å²) in [4.78, 5) is 0. The first kappa shape index (κ1) is 5.96. The van der Waals surface area contributed by atoms with Crippen LogP contribution in [0.4, 0.5) is 0 Å². The monoisotopic (exact) mass is 135 g/mol. The molecule has 53 valence electrons. The van der Waals surface area contributed by atoms with Gasteiger partial charge in [-0.25, -0.2) is 0 Å². The van der Waals surface area contributed by atoms with E-state index >= 15 is 0 Å². The van der Waals surface area contributed by atoms with Crippen LogP contribution >= 0.6 is 0 Å². The van der Waals surface area contributed by atoms with Gasteiger partial charge >= 0.3 is 0 Å². The van der Waals surface area contributed by atoms with Gasteiger partial charge in [-0.2, -0.15) is 5.10 Å². The lowest BCUT2D eigenvalue weighted by molar-refractivity contribution is 0.546. The lowest BCUT2D eigenvalue weighted by Gasteiger charge is -1.97. The van der Waals surface area contributed by atoms with Gasteiger partial charge in [0.05, 0.1) is 0 Å². The molecule has 1 fully saturated rings. The van der Waals surface area contributed by atoms with Crippen molar-refractivity contribution in [3.63, 3.8) is 0 Å². The third-order valence-electron chi connectivity index (χ3n) is 1.97. The average molecular weight is 135 g/mol. The van der Waals surface area contributed by atoms with E-state index in [0.717, 1.165) is 12.5 Å². The van der Waals surface area contributed by atoms with Crippen molar-refractivity contribution < 1.29 is 0 Å². The van der Waals surface area contributed by atoms with Crippen LogP contribution in [-0.4, -0.2) is 9.78 Å². The molecule has 2 rings (SSSR count). The van der Waals surface area contributed by atoms with E-state index in [1.165, 1.54) is 19.3 Å². The summed E-state index contributed by atoms with van der Waals surface area (Å²) in [6.45, 7) is 1.08. The number of aryl methyl sites for hydroxylation is 1. The zero-order valence-electron chi connectivity index (χ0n) is 5.95. The van der Waals surface area contributed by atoms with Crippen molar-refractivity contribution in [2.75, 3.05) is 0 Å². The molecule has 0 amide bonds. The molecule has 0 saturated heterocycles. The summed E-state index contributed by atoms with van der Waals surface area (Å²) in [7, 11) is 0. The normalized spacial score (nSPS) is 17.6. The zero-order valence-corrected chi connectivity index (χ0v) is 5.95. The average Bonchev–Trinajstić information content (AvgIpc) is 2.63. The topological polar surface area (TPSA) is 17.8 Å². The molecule has 1 radical (unpaired) electrons. The Morgan fingerprint density at radius 2 is 2.50 bits per heavy atom. The Balaban J connectivity index is 1.79. The molecule has 1 aromatic rings. The lowest BCUT2D eigenvalue weighted by atomic mass is 10.3. The van der Waals surface area contributed by atoms with Crippen LogP contribution in [0.15, 0.2) is 12.3 Å². The maximum Gasteiger partial charge on any atom is 0.113 e. The lowest BCUT2D eigenvalue weighted by Crippen LogP contribution is -1.98. The molecule has 0 unspecified atom stereocenters. The molecule has 0 N–H and O–H groups in total. The zero-order chi connectivity index (χ0) is 6.81. The van der Waals surface area contributed by atoms with Crippen molar-refractivity contribution in [1.29, 1.82) is 0 Å². The minimum atomic E-state index is 1.00. The molecular weight excluding hydrogens is 124 g/mol. The van der Waals surface area contributed by atoms with E-state index in [0.29, 0.717) is 0 Å². The first-order valence-electron chi connectivity index (χ1n) is 3.84. The fraction of sp³-hybridized carbons (Fsp3) is 0.625. The predicted octanol–water partition coefficient (Wildman–Crippen LogP) is 1.48. The van der Waals surface area contributed by atoms with Crippen molar-refractivity contribution in [3.8, 4) is 0 Å². The minimum absolute atomic E-state index is 1.00. The smallest absolute Gasteiger partial charge is 0.113 e. The largest absolute Gasteiger partial charge is 0.272 e. The SMILES string of the molecule is [c]1ccn(CCC2CC2)n1. The molecule has 1 aliphatic rings. The minimum Gasteiger partial charge on any atom is -0.272 e. The van der Waals surface area contributed by atoms with Gasteiger partial charge in [0, 0.05) is 12.7 Å². The summed E-state index contributed by atoms with van der Waals surface area (Å²) in [5.74, 6) is 1.00. The highest BCUT2D eigenvalue weighted by Crippen LogP contribution is 2.32. The standard InChI is InChI=1S/C8H11N2/c1-5-9-10(6-1)7-4-8-2-3-8/h1,6,8H,2-4,7H2. The quantitative estimate of drug-likeness (QED) is 0.614. The summed E-state index contributed by atoms with van der Waals surface area (Å²) in [6.07, 6.45) is 8.93. The van der Waals surface area contributed by atoms with E-state index in [9.17, 15) is 0 Å². The van der Waals surface area contributed by atoms with Gasteiger partial charge in [-0.3, -0.25) is 4.68 Å². The number of nitrogens with zero attached hydrogens (tertiary/aromatic N) is 2. The summed E-state index contributed by atoms with van der Waals surface area (Å²) < 4.78 is 1.96. The van der Waals surface area contributed by atoms with Crippen molar-refractivity contribution in [3.05, 3.63) is 18.5 Å². The van der Waals surface area contributed by atoms with E-state index in [-0.39, 0.29) is 0 Å². The first-order valence-corrected chi connectivity index (χ1v) is 3.84. The van der Waals surface area contributed by atoms with E-state index in [1.54, 1.807) is 0 Å². The third-order valence-corrected chi connectivity index (χ3v) is 1.97. The van der Waals surface area contributed by atoms with Crippen LogP contribution in [0.1, 0.15) is 19.3 Å². The Kier molecular flexibility index (Phi) is 1.46. The molecule has 1 saturated carbocycles. The van der Waals surface area contributed by atoms with Crippen LogP contribution in [0.2, 0.25) is 0 Å². The Morgan fingerprint density at radius 3 is 3.10 bits per heavy atom. The van der Waals surface area contributed by atoms with Gasteiger partial charge in [0.2, 0.25) is 0 Å². The highest BCUT2D eigenvalue weighted by atomic mass is 15.3. The molecule has 1 aliphatic carbocycles. The molecule has 2 heteroatoms. The second kappa shape index (κ2) is 2.45. The Bertz CT molecular complexity index is 187. The fourth-order valence-electron chi connectivity index (χ4n) is 1.11. The fourth-order valence-corrected chi connectivity index (χ4v) is 1.11. The van der Waals surface area contributed by atoms with Crippen molar-refractivity contribution in [2.45, 2.75) is 25.8 Å². The molecule has 0 aliphatic heterocycles. The van der Waals surface area contributed by atoms with Gasteiger partial charge in [0.15, 0.2) is 0 Å². The number of hydrogen-bond donors (Lipinski definition) is 0. The van der Waals surface area contributed by atoms with Gasteiger partial charge in [-0.05, 0) is 18.4 Å². The van der Waals surface area contributed by atoms with E-state index < -0.39 is 0 Å². The first-order chi connectivity index (χ1) is 4.95. The number of hydrogen-bond acceptors (Lipinski definition) is 1. The highest BCUT2D eigenvalue weighted by molar-refractivity contribution is 4.77. The highest BCUT2D eigenvalue weighted by Gasteiger charge is 2.20. The Hall–Kier alpha value is -0.790. The molecule has 0 aromatic carbocycles. The predicted molar refractivity (Wildman–Crippen MR) is 38.4 cm³/mol. The van der Waals surface area contributed by atoms with Crippen LogP contribution in [-0.2, 0) is 6.54 Å². The van der Waals surface area contributed by atoms with Gasteiger partial charge in [-0.15, -0.1) is 0 Å². The Labute approximate surface area is 60.9 Å². The molecular formula is C8H11N2. The molecule has 10 heavy (non-hydrogen) atoms. The van der Waals surface area contributed by atoms with E-state index in [2.05, 4.69) is 11.3 Å². The van der Waals surface area contributed by atoms with Crippen molar-refractivity contribution >= 4 is 0 Å². The number of rotatable bonds is 3. The van der Waals surface area contributed by atoms with Crippen molar-refractivity contribution in [2.24, 2.45) is 5.92 Å². The molecule has 0 bridgehead atoms.